The lowest BCUT2D eigenvalue weighted by molar-refractivity contribution is 0.0600. The second-order valence-corrected chi connectivity index (χ2v) is 5.35. The topological polar surface area (TPSA) is 106 Å². The van der Waals surface area contributed by atoms with E-state index in [1.54, 1.807) is 17.0 Å². The molecule has 2 aromatic rings. The van der Waals surface area contributed by atoms with Crippen LogP contribution in [0.15, 0.2) is 41.5 Å². The summed E-state index contributed by atoms with van der Waals surface area (Å²) in [6.45, 7) is 0.374. The summed E-state index contributed by atoms with van der Waals surface area (Å²) >= 11 is 0. The van der Waals surface area contributed by atoms with E-state index in [9.17, 15) is 9.59 Å². The molecule has 2 aliphatic rings. The Labute approximate surface area is 135 Å². The van der Waals surface area contributed by atoms with Crippen LogP contribution in [0, 0.1) is 0 Å². The van der Waals surface area contributed by atoms with Gasteiger partial charge in [0, 0.05) is 12.4 Å². The fourth-order valence-corrected chi connectivity index (χ4v) is 2.69. The predicted octanol–water partition coefficient (Wildman–Crippen LogP) is 1.39. The van der Waals surface area contributed by atoms with Gasteiger partial charge in [-0.15, -0.1) is 0 Å². The molecular weight excluding hydrogens is 310 g/mol. The first kappa shape index (κ1) is 14.2. The molecule has 0 radical (unpaired) electrons. The van der Waals surface area contributed by atoms with Crippen LogP contribution in [-0.2, 0) is 11.3 Å². The van der Waals surface area contributed by atoms with Crippen LogP contribution in [0.1, 0.15) is 16.2 Å². The van der Waals surface area contributed by atoms with Gasteiger partial charge in [-0.3, -0.25) is 4.79 Å². The molecule has 24 heavy (non-hydrogen) atoms. The minimum Gasteiger partial charge on any atom is -0.465 e. The summed E-state index contributed by atoms with van der Waals surface area (Å²) in [5.74, 6) is 0.165. The lowest BCUT2D eigenvalue weighted by Crippen LogP contribution is -2.13. The van der Waals surface area contributed by atoms with Gasteiger partial charge in [-0.1, -0.05) is 12.1 Å². The Morgan fingerprint density at radius 3 is 2.92 bits per heavy atom. The van der Waals surface area contributed by atoms with Gasteiger partial charge in [-0.25, -0.2) is 14.9 Å². The number of aromatic amines is 2. The Morgan fingerprint density at radius 1 is 1.29 bits per heavy atom. The lowest BCUT2D eigenvalue weighted by Gasteiger charge is -2.10. The number of nitrogens with zero attached hydrogens (tertiary/aromatic N) is 3. The molecule has 1 aromatic heterocycles. The van der Waals surface area contributed by atoms with E-state index in [2.05, 4.69) is 20.2 Å². The monoisotopic (exact) mass is 323 g/mol. The number of methoxy groups -OCH3 is 1. The summed E-state index contributed by atoms with van der Waals surface area (Å²) < 4.78 is 6.49. The number of carbonyl (C=O) groups is 1. The summed E-state index contributed by atoms with van der Waals surface area (Å²) in [7, 11) is 1.29. The molecule has 0 unspecified atom stereocenters. The molecule has 8 nitrogen and oxygen atoms in total. The molecule has 8 heteroatoms. The summed E-state index contributed by atoms with van der Waals surface area (Å²) in [5.41, 5.74) is 2.28. The van der Waals surface area contributed by atoms with E-state index >= 15 is 0 Å². The second-order valence-electron chi connectivity index (χ2n) is 5.35. The average Bonchev–Trinajstić information content (AvgIpc) is 3.17. The van der Waals surface area contributed by atoms with E-state index in [0.717, 1.165) is 11.0 Å². The maximum atomic E-state index is 12.0. The van der Waals surface area contributed by atoms with E-state index in [1.165, 1.54) is 7.11 Å². The van der Waals surface area contributed by atoms with Crippen molar-refractivity contribution in [2.24, 2.45) is 0 Å². The molecule has 0 fully saturated rings. The number of fused-ring (bicyclic) bond motifs is 2. The first-order chi connectivity index (χ1) is 11.7. The first-order valence-electron chi connectivity index (χ1n) is 7.26. The molecular formula is C16H13N5O3. The number of hydrogen-bond acceptors (Lipinski definition) is 5. The van der Waals surface area contributed by atoms with Gasteiger partial charge in [-0.05, 0) is 12.1 Å². The summed E-state index contributed by atoms with van der Waals surface area (Å²) in [4.78, 5) is 31.6. The van der Waals surface area contributed by atoms with E-state index in [1.807, 2.05) is 24.3 Å². The summed E-state index contributed by atoms with van der Waals surface area (Å²) in [6, 6.07) is 7.69. The number of hydrogen-bond donors (Lipinski definition) is 2. The molecule has 0 bridgehead atoms. The van der Waals surface area contributed by atoms with Crippen LogP contribution in [0.5, 0.6) is 0 Å². The van der Waals surface area contributed by atoms with Gasteiger partial charge < -0.3 is 14.3 Å². The number of benzene rings is 1. The largest absolute Gasteiger partial charge is 0.465 e. The van der Waals surface area contributed by atoms with Crippen molar-refractivity contribution in [3.8, 4) is 11.3 Å². The van der Waals surface area contributed by atoms with Crippen molar-refractivity contribution in [2.45, 2.75) is 6.54 Å². The Balaban J connectivity index is 1.81. The third-order valence-electron chi connectivity index (χ3n) is 3.79. The van der Waals surface area contributed by atoms with Crippen LogP contribution in [0.3, 0.4) is 0 Å². The molecule has 0 amide bonds. The van der Waals surface area contributed by atoms with Crippen LogP contribution in [0.2, 0.25) is 0 Å². The van der Waals surface area contributed by atoms with Crippen molar-refractivity contribution in [2.75, 3.05) is 7.11 Å². The van der Waals surface area contributed by atoms with Crippen LogP contribution in [0.4, 0.5) is 0 Å². The number of imidazole rings is 1. The lowest BCUT2D eigenvalue weighted by atomic mass is 10.1. The molecule has 0 spiro atoms. The molecule has 0 saturated heterocycles. The number of pyridine rings is 1. The highest BCUT2D eigenvalue weighted by atomic mass is 16.5. The minimum atomic E-state index is -0.551. The van der Waals surface area contributed by atoms with E-state index in [-0.39, 0.29) is 11.1 Å². The van der Waals surface area contributed by atoms with Crippen molar-refractivity contribution in [3.05, 3.63) is 58.4 Å². The maximum Gasteiger partial charge on any atom is 0.341 e. The SMILES string of the molecule is COC(=O)c1cn(Cc2nc3ccccc3[nH]2)cc2c(=O)[nH]nc1-2. The Morgan fingerprint density at radius 2 is 2.12 bits per heavy atom. The smallest absolute Gasteiger partial charge is 0.341 e. The van der Waals surface area contributed by atoms with Crippen LogP contribution >= 0.6 is 0 Å². The van der Waals surface area contributed by atoms with Gasteiger partial charge in [0.2, 0.25) is 0 Å². The number of H-pyrrole nitrogens is 2. The fraction of sp³-hybridized carbons (Fsp3) is 0.125. The van der Waals surface area contributed by atoms with Gasteiger partial charge >= 0.3 is 5.97 Å². The fourth-order valence-electron chi connectivity index (χ4n) is 2.69. The highest BCUT2D eigenvalue weighted by Crippen LogP contribution is 2.21. The number of ether oxygens (including phenoxy) is 1. The van der Waals surface area contributed by atoms with Gasteiger partial charge in [0.25, 0.3) is 5.56 Å². The van der Waals surface area contributed by atoms with Gasteiger partial charge in [0.15, 0.2) is 0 Å². The third-order valence-corrected chi connectivity index (χ3v) is 3.79. The zero-order valence-electron chi connectivity index (χ0n) is 12.7. The normalized spacial score (nSPS) is 11.2. The molecule has 0 atom stereocenters. The molecule has 3 heterocycles. The Kier molecular flexibility index (Phi) is 3.16. The van der Waals surface area contributed by atoms with Gasteiger partial charge in [-0.2, -0.15) is 5.10 Å². The number of rotatable bonds is 3. The number of nitrogens with one attached hydrogen (secondary N) is 2. The predicted molar refractivity (Wildman–Crippen MR) is 86.0 cm³/mol. The zero-order valence-corrected chi connectivity index (χ0v) is 12.7. The first-order valence-corrected chi connectivity index (χ1v) is 7.26. The Bertz CT molecular complexity index is 1040. The van der Waals surface area contributed by atoms with Crippen LogP contribution in [-0.4, -0.2) is 37.8 Å². The van der Waals surface area contributed by atoms with Crippen molar-refractivity contribution >= 4 is 17.0 Å². The summed E-state index contributed by atoms with van der Waals surface area (Å²) in [6.07, 6.45) is 3.24. The maximum absolute atomic E-state index is 12.0. The van der Waals surface area contributed by atoms with Gasteiger partial charge in [0.05, 0.1) is 30.3 Å². The quantitative estimate of drug-likeness (QED) is 0.554. The highest BCUT2D eigenvalue weighted by Gasteiger charge is 2.22. The number of aromatic nitrogens is 5. The minimum absolute atomic E-state index is 0.226. The summed E-state index contributed by atoms with van der Waals surface area (Å²) in [5, 5.41) is 6.25. The van der Waals surface area contributed by atoms with Crippen molar-refractivity contribution < 1.29 is 9.53 Å². The molecule has 120 valence electrons. The molecule has 1 aromatic carbocycles. The second kappa shape index (κ2) is 5.34. The van der Waals surface area contributed by atoms with Gasteiger partial charge in [0.1, 0.15) is 17.1 Å². The standard InChI is InChI=1S/C16H13N5O3/c1-24-16(23)10-7-21(6-9-14(10)19-20-15(9)22)8-13-17-11-4-2-3-5-12(11)18-13/h2-7H,8H2,1H3,(H,17,18)(H,20,22). The average molecular weight is 323 g/mol. The van der Waals surface area contributed by atoms with Crippen molar-refractivity contribution in [1.29, 1.82) is 0 Å². The highest BCUT2D eigenvalue weighted by molar-refractivity contribution is 5.95. The van der Waals surface area contributed by atoms with E-state index in [0.29, 0.717) is 23.6 Å². The van der Waals surface area contributed by atoms with Crippen molar-refractivity contribution in [3.63, 3.8) is 0 Å². The number of carbonyl (C=O) groups excluding carboxylic acids is 1. The molecule has 4 rings (SSSR count). The molecule has 0 saturated carbocycles. The number of esters is 1. The number of para-hydroxylation sites is 2. The Hall–Kier alpha value is -3.42. The van der Waals surface area contributed by atoms with Crippen LogP contribution < -0.4 is 5.56 Å². The van der Waals surface area contributed by atoms with Crippen LogP contribution in [0.25, 0.3) is 22.3 Å². The third kappa shape index (κ3) is 2.24. The molecule has 0 aliphatic carbocycles. The molecule has 2 N–H and O–H groups in total. The van der Waals surface area contributed by atoms with E-state index in [4.69, 9.17) is 4.74 Å². The zero-order chi connectivity index (χ0) is 16.7. The molecule has 2 aliphatic heterocycles. The van der Waals surface area contributed by atoms with E-state index < -0.39 is 5.97 Å². The van der Waals surface area contributed by atoms with Crippen molar-refractivity contribution in [1.82, 2.24) is 24.7 Å².